The molecule has 0 aliphatic carbocycles. The number of furan rings is 1. The molecule has 1 aromatic rings. The van der Waals surface area contributed by atoms with Crippen molar-refractivity contribution in [2.24, 2.45) is 0 Å². The molecule has 1 aromatic heterocycles. The third-order valence-electron chi connectivity index (χ3n) is 3.09. The summed E-state index contributed by atoms with van der Waals surface area (Å²) < 4.78 is 17.1. The molecule has 1 unspecified atom stereocenters. The molecule has 6 heteroatoms. The van der Waals surface area contributed by atoms with Crippen LogP contribution in [0.5, 0.6) is 0 Å². The third kappa shape index (κ3) is 6.62. The summed E-state index contributed by atoms with van der Waals surface area (Å²) in [5, 5.41) is 2.81. The number of rotatable bonds is 8. The lowest BCUT2D eigenvalue weighted by molar-refractivity contribution is -0.116. The van der Waals surface area contributed by atoms with Crippen molar-refractivity contribution in [1.82, 2.24) is 5.32 Å². The number of ether oxygens (including phenoxy) is 2. The number of hydrogen-bond acceptors (Lipinski definition) is 4. The van der Waals surface area contributed by atoms with Crippen molar-refractivity contribution in [1.29, 1.82) is 0 Å². The summed E-state index contributed by atoms with van der Waals surface area (Å²) in [5.41, 5.74) is 0. The summed E-state index contributed by atoms with van der Waals surface area (Å²) in [6, 6.07) is 3.67. The van der Waals surface area contributed by atoms with E-state index in [9.17, 15) is 4.79 Å². The van der Waals surface area contributed by atoms with Crippen LogP contribution >= 0.6 is 22.6 Å². The van der Waals surface area contributed by atoms with Gasteiger partial charge in [0.05, 0.1) is 12.7 Å². The van der Waals surface area contributed by atoms with Gasteiger partial charge in [0.2, 0.25) is 5.91 Å². The van der Waals surface area contributed by atoms with Gasteiger partial charge in [0.15, 0.2) is 3.77 Å². The Morgan fingerprint density at radius 3 is 3.14 bits per heavy atom. The number of carbonyl (C=O) groups excluding carboxylic acids is 1. The lowest BCUT2D eigenvalue weighted by Crippen LogP contribution is -2.23. The minimum atomic E-state index is -0.125. The van der Waals surface area contributed by atoms with Gasteiger partial charge >= 0.3 is 0 Å². The Morgan fingerprint density at radius 2 is 2.43 bits per heavy atom. The van der Waals surface area contributed by atoms with Gasteiger partial charge in [-0.1, -0.05) is 0 Å². The highest BCUT2D eigenvalue weighted by Crippen LogP contribution is 2.12. The van der Waals surface area contributed by atoms with E-state index in [1.807, 2.05) is 12.1 Å². The lowest BCUT2D eigenvalue weighted by Gasteiger charge is -2.09. The smallest absolute Gasteiger partial charge is 0.244 e. The summed E-state index contributed by atoms with van der Waals surface area (Å²) >= 11 is 2.08. The molecule has 5 nitrogen and oxygen atoms in total. The summed E-state index contributed by atoms with van der Waals surface area (Å²) in [7, 11) is 0. The number of amides is 1. The monoisotopic (exact) mass is 405 g/mol. The topological polar surface area (TPSA) is 60.7 Å². The van der Waals surface area contributed by atoms with E-state index in [2.05, 4.69) is 27.9 Å². The predicted octanol–water partition coefficient (Wildman–Crippen LogP) is 2.60. The van der Waals surface area contributed by atoms with Gasteiger partial charge in [-0.25, -0.2) is 0 Å². The van der Waals surface area contributed by atoms with Crippen LogP contribution in [0.15, 0.2) is 22.6 Å². The molecular formula is C15H20INO4. The summed E-state index contributed by atoms with van der Waals surface area (Å²) in [6.07, 6.45) is 6.41. The molecular weight excluding hydrogens is 385 g/mol. The van der Waals surface area contributed by atoms with Crippen molar-refractivity contribution in [3.8, 4) is 0 Å². The van der Waals surface area contributed by atoms with E-state index in [0.717, 1.165) is 29.6 Å². The molecule has 1 amide bonds. The van der Waals surface area contributed by atoms with Crippen molar-refractivity contribution in [2.75, 3.05) is 26.4 Å². The first kappa shape index (κ1) is 16.5. The SMILES string of the molecule is O=C(C=Cc1ccc(I)o1)NCCCOCC1CCCO1. The Bertz CT molecular complexity index is 466. The van der Waals surface area contributed by atoms with E-state index in [1.54, 1.807) is 6.08 Å². The molecule has 1 N–H and O–H groups in total. The van der Waals surface area contributed by atoms with Gasteiger partial charge in [-0.05, 0) is 60.1 Å². The van der Waals surface area contributed by atoms with Crippen LogP contribution in [0.1, 0.15) is 25.0 Å². The third-order valence-corrected chi connectivity index (χ3v) is 3.67. The van der Waals surface area contributed by atoms with Crippen LogP contribution in [0.2, 0.25) is 0 Å². The van der Waals surface area contributed by atoms with E-state index in [4.69, 9.17) is 13.9 Å². The normalized spacial score (nSPS) is 18.4. The van der Waals surface area contributed by atoms with Crippen LogP contribution in [0.25, 0.3) is 6.08 Å². The van der Waals surface area contributed by atoms with Crippen molar-refractivity contribution in [3.05, 3.63) is 27.7 Å². The second-order valence-corrected chi connectivity index (χ2v) is 5.89. The minimum Gasteiger partial charge on any atom is -0.451 e. The van der Waals surface area contributed by atoms with Crippen LogP contribution in [-0.4, -0.2) is 38.4 Å². The van der Waals surface area contributed by atoms with Crippen molar-refractivity contribution < 1.29 is 18.7 Å². The second-order valence-electron chi connectivity index (χ2n) is 4.83. The molecule has 1 aliphatic heterocycles. The molecule has 1 fully saturated rings. The van der Waals surface area contributed by atoms with Gasteiger partial charge in [-0.2, -0.15) is 0 Å². The molecule has 1 saturated heterocycles. The minimum absolute atomic E-state index is 0.125. The first-order valence-corrected chi connectivity index (χ1v) is 8.22. The van der Waals surface area contributed by atoms with Gasteiger partial charge in [-0.3, -0.25) is 4.79 Å². The molecule has 21 heavy (non-hydrogen) atoms. The maximum absolute atomic E-state index is 11.6. The first-order valence-electron chi connectivity index (χ1n) is 7.14. The Kier molecular flexibility index (Phi) is 7.25. The Hall–Kier alpha value is -0.860. The van der Waals surface area contributed by atoms with Gasteiger partial charge in [-0.15, -0.1) is 0 Å². The zero-order valence-electron chi connectivity index (χ0n) is 11.8. The molecule has 2 heterocycles. The standard InChI is InChI=1S/C15H20INO4/c16-14-6-4-12(21-14)5-7-15(18)17-8-2-9-19-11-13-3-1-10-20-13/h4-7,13H,1-3,8-11H2,(H,17,18). The second kappa shape index (κ2) is 9.22. The maximum atomic E-state index is 11.6. The Morgan fingerprint density at radius 1 is 1.52 bits per heavy atom. The lowest BCUT2D eigenvalue weighted by atomic mass is 10.2. The molecule has 1 aliphatic rings. The summed E-state index contributed by atoms with van der Waals surface area (Å²) in [4.78, 5) is 11.6. The predicted molar refractivity (Wildman–Crippen MR) is 87.9 cm³/mol. The fraction of sp³-hybridized carbons (Fsp3) is 0.533. The summed E-state index contributed by atoms with van der Waals surface area (Å²) in [6.45, 7) is 2.75. The zero-order valence-corrected chi connectivity index (χ0v) is 14.0. The van der Waals surface area contributed by atoms with Gasteiger partial charge < -0.3 is 19.2 Å². The van der Waals surface area contributed by atoms with Gasteiger partial charge in [0, 0.05) is 25.8 Å². The average molecular weight is 405 g/mol. The maximum Gasteiger partial charge on any atom is 0.244 e. The zero-order chi connectivity index (χ0) is 14.9. The van der Waals surface area contributed by atoms with E-state index in [0.29, 0.717) is 25.5 Å². The highest BCUT2D eigenvalue weighted by atomic mass is 127. The number of nitrogens with one attached hydrogen (secondary N) is 1. The van der Waals surface area contributed by atoms with Crippen LogP contribution in [-0.2, 0) is 14.3 Å². The van der Waals surface area contributed by atoms with Crippen LogP contribution in [0.3, 0.4) is 0 Å². The summed E-state index contributed by atoms with van der Waals surface area (Å²) in [5.74, 6) is 0.551. The van der Waals surface area contributed by atoms with Crippen molar-refractivity contribution in [2.45, 2.75) is 25.4 Å². The van der Waals surface area contributed by atoms with Crippen LogP contribution in [0, 0.1) is 3.77 Å². The fourth-order valence-electron chi connectivity index (χ4n) is 2.01. The highest BCUT2D eigenvalue weighted by Gasteiger charge is 2.14. The van der Waals surface area contributed by atoms with Crippen molar-refractivity contribution >= 4 is 34.6 Å². The molecule has 2 rings (SSSR count). The highest BCUT2D eigenvalue weighted by molar-refractivity contribution is 14.1. The fourth-order valence-corrected chi connectivity index (χ4v) is 2.45. The van der Waals surface area contributed by atoms with Crippen molar-refractivity contribution in [3.63, 3.8) is 0 Å². The first-order chi connectivity index (χ1) is 10.2. The molecule has 0 aromatic carbocycles. The molecule has 0 spiro atoms. The van der Waals surface area contributed by atoms with E-state index in [-0.39, 0.29) is 12.0 Å². The van der Waals surface area contributed by atoms with E-state index < -0.39 is 0 Å². The Labute approximate surface area is 138 Å². The van der Waals surface area contributed by atoms with Gasteiger partial charge in [0.1, 0.15) is 5.76 Å². The number of hydrogen-bond donors (Lipinski definition) is 1. The molecule has 0 saturated carbocycles. The van der Waals surface area contributed by atoms with Crippen LogP contribution < -0.4 is 5.32 Å². The molecule has 0 radical (unpaired) electrons. The average Bonchev–Trinajstić information content (AvgIpc) is 3.12. The molecule has 116 valence electrons. The van der Waals surface area contributed by atoms with E-state index in [1.165, 1.54) is 6.08 Å². The number of halogens is 1. The van der Waals surface area contributed by atoms with Crippen LogP contribution in [0.4, 0.5) is 0 Å². The molecule has 0 bridgehead atoms. The van der Waals surface area contributed by atoms with E-state index >= 15 is 0 Å². The van der Waals surface area contributed by atoms with Gasteiger partial charge in [0.25, 0.3) is 0 Å². The Balaban J connectivity index is 1.50. The number of carbonyl (C=O) groups is 1. The molecule has 1 atom stereocenters. The largest absolute Gasteiger partial charge is 0.451 e. The quantitative estimate of drug-likeness (QED) is 0.411.